The third kappa shape index (κ3) is 2.97. The average Bonchev–Trinajstić information content (AvgIpc) is 3.20. The maximum absolute atomic E-state index is 12.8. The van der Waals surface area contributed by atoms with Crippen LogP contribution in [-0.4, -0.2) is 47.7 Å². The summed E-state index contributed by atoms with van der Waals surface area (Å²) in [7, 11) is 2.81. The first kappa shape index (κ1) is 17.5. The van der Waals surface area contributed by atoms with Gasteiger partial charge < -0.3 is 19.0 Å². The van der Waals surface area contributed by atoms with E-state index in [4.69, 9.17) is 9.15 Å². The first-order valence-electron chi connectivity index (χ1n) is 7.41. The number of amides is 1. The van der Waals surface area contributed by atoms with E-state index < -0.39 is 12.0 Å². The third-order valence-electron chi connectivity index (χ3n) is 4.09. The number of methoxy groups -OCH3 is 1. The molecular formula is C17H20N2O5. The molecule has 0 unspecified atom stereocenters. The van der Waals surface area contributed by atoms with Crippen molar-refractivity contribution in [3.8, 4) is 0 Å². The number of ether oxygens (including phenoxy) is 1. The zero-order chi connectivity index (χ0) is 18.0. The Morgan fingerprint density at radius 2 is 1.96 bits per heavy atom. The second-order valence-electron chi connectivity index (χ2n) is 5.55. The van der Waals surface area contributed by atoms with Crippen molar-refractivity contribution in [3.63, 3.8) is 0 Å². The summed E-state index contributed by atoms with van der Waals surface area (Å²) < 4.78 is 9.78. The van der Waals surface area contributed by atoms with E-state index >= 15 is 0 Å². The van der Waals surface area contributed by atoms with Crippen molar-refractivity contribution >= 4 is 17.7 Å². The van der Waals surface area contributed by atoms with Gasteiger partial charge in [0.1, 0.15) is 5.69 Å². The summed E-state index contributed by atoms with van der Waals surface area (Å²) in [6.07, 6.45) is 1.40. The molecule has 2 heterocycles. The Bertz CT molecular complexity index is 773. The molecule has 24 heavy (non-hydrogen) atoms. The van der Waals surface area contributed by atoms with Crippen molar-refractivity contribution in [3.05, 3.63) is 46.7 Å². The summed E-state index contributed by atoms with van der Waals surface area (Å²) in [5, 5.41) is 0. The van der Waals surface area contributed by atoms with Gasteiger partial charge in [-0.25, -0.2) is 4.79 Å². The summed E-state index contributed by atoms with van der Waals surface area (Å²) in [5.41, 5.74) is 1.70. The van der Waals surface area contributed by atoms with Crippen LogP contribution in [0.5, 0.6) is 0 Å². The summed E-state index contributed by atoms with van der Waals surface area (Å²) >= 11 is 0. The molecule has 1 amide bonds. The Labute approximate surface area is 139 Å². The lowest BCUT2D eigenvalue weighted by Crippen LogP contribution is -2.40. The predicted molar refractivity (Wildman–Crippen MR) is 86.2 cm³/mol. The number of aromatic amines is 1. The molecule has 1 N–H and O–H groups in total. The Hall–Kier alpha value is -2.83. The fourth-order valence-corrected chi connectivity index (χ4v) is 2.56. The summed E-state index contributed by atoms with van der Waals surface area (Å²) in [6.45, 7) is 5.00. The first-order chi connectivity index (χ1) is 11.3. The summed E-state index contributed by atoms with van der Waals surface area (Å²) in [5.74, 6) is -1.03. The number of hydrogen-bond acceptors (Lipinski definition) is 5. The maximum atomic E-state index is 12.8. The quantitative estimate of drug-likeness (QED) is 0.670. The lowest BCUT2D eigenvalue weighted by atomic mass is 10.00. The molecule has 0 bridgehead atoms. The second-order valence-corrected chi connectivity index (χ2v) is 5.55. The molecule has 0 aliphatic heterocycles. The number of nitrogens with one attached hydrogen (secondary N) is 1. The number of hydrogen-bond donors (Lipinski definition) is 1. The van der Waals surface area contributed by atoms with Crippen LogP contribution >= 0.6 is 0 Å². The maximum Gasteiger partial charge on any atom is 0.354 e. The number of furan rings is 1. The largest absolute Gasteiger partial charge is 0.464 e. The Kier molecular flexibility index (Phi) is 4.92. The van der Waals surface area contributed by atoms with E-state index in [0.29, 0.717) is 16.8 Å². The minimum atomic E-state index is -0.721. The molecule has 0 fully saturated rings. The zero-order valence-electron chi connectivity index (χ0n) is 14.3. The van der Waals surface area contributed by atoms with Crippen LogP contribution in [0.3, 0.4) is 0 Å². The second kappa shape index (κ2) is 6.74. The van der Waals surface area contributed by atoms with Crippen molar-refractivity contribution in [2.24, 2.45) is 0 Å². The van der Waals surface area contributed by atoms with E-state index in [1.54, 1.807) is 26.8 Å². The normalized spacial score (nSPS) is 11.9. The molecule has 2 aromatic heterocycles. The van der Waals surface area contributed by atoms with Crippen LogP contribution in [0.25, 0.3) is 0 Å². The lowest BCUT2D eigenvalue weighted by Gasteiger charge is -2.23. The van der Waals surface area contributed by atoms with E-state index in [2.05, 4.69) is 4.98 Å². The van der Waals surface area contributed by atoms with Gasteiger partial charge in [-0.05, 0) is 38.5 Å². The molecule has 0 saturated heterocycles. The number of carbonyl (C=O) groups excluding carboxylic acids is 3. The number of esters is 1. The summed E-state index contributed by atoms with van der Waals surface area (Å²) in [4.78, 5) is 41.1. The molecule has 2 aromatic rings. The van der Waals surface area contributed by atoms with Crippen LogP contribution in [0.1, 0.15) is 49.6 Å². The average molecular weight is 332 g/mol. The fraction of sp³-hybridized carbons (Fsp3) is 0.353. The minimum absolute atomic E-state index is 0.162. The number of H-pyrrole nitrogens is 1. The highest BCUT2D eigenvalue weighted by Crippen LogP contribution is 2.22. The van der Waals surface area contributed by atoms with E-state index in [1.165, 1.54) is 31.4 Å². The van der Waals surface area contributed by atoms with Gasteiger partial charge in [-0.15, -0.1) is 0 Å². The van der Waals surface area contributed by atoms with Crippen LogP contribution in [-0.2, 0) is 4.74 Å². The van der Waals surface area contributed by atoms with Gasteiger partial charge in [0.25, 0.3) is 5.91 Å². The molecule has 0 aliphatic carbocycles. The molecule has 0 spiro atoms. The van der Waals surface area contributed by atoms with Gasteiger partial charge >= 0.3 is 5.97 Å². The van der Waals surface area contributed by atoms with Crippen molar-refractivity contribution in [2.45, 2.75) is 26.8 Å². The number of aryl methyl sites for hydroxylation is 1. The van der Waals surface area contributed by atoms with Crippen molar-refractivity contribution in [1.82, 2.24) is 9.88 Å². The fourth-order valence-electron chi connectivity index (χ4n) is 2.56. The number of nitrogens with zero attached hydrogens (tertiary/aromatic N) is 1. The van der Waals surface area contributed by atoms with Crippen molar-refractivity contribution in [2.75, 3.05) is 14.2 Å². The number of likely N-dealkylation sites (N-methyl/N-ethyl adjacent to an activating group) is 1. The number of Topliss-reactive ketones (excluding diaryl/α,β-unsaturated/α-hetero) is 1. The molecule has 128 valence electrons. The molecule has 7 heteroatoms. The predicted octanol–water partition coefficient (Wildman–Crippen LogP) is 2.35. The Balaban J connectivity index is 2.30. The molecular weight excluding hydrogens is 312 g/mol. The van der Waals surface area contributed by atoms with Gasteiger partial charge in [-0.3, -0.25) is 9.59 Å². The minimum Gasteiger partial charge on any atom is -0.464 e. The van der Waals surface area contributed by atoms with E-state index in [-0.39, 0.29) is 23.1 Å². The van der Waals surface area contributed by atoms with Gasteiger partial charge in [0.05, 0.1) is 19.4 Å². The Morgan fingerprint density at radius 1 is 1.29 bits per heavy atom. The molecule has 0 aromatic carbocycles. The number of ketones is 1. The molecule has 2 rings (SSSR count). The van der Waals surface area contributed by atoms with Crippen molar-refractivity contribution in [1.29, 1.82) is 0 Å². The van der Waals surface area contributed by atoms with E-state index in [1.807, 2.05) is 0 Å². The van der Waals surface area contributed by atoms with Gasteiger partial charge in [0.15, 0.2) is 11.5 Å². The van der Waals surface area contributed by atoms with Crippen molar-refractivity contribution < 1.29 is 23.5 Å². The highest BCUT2D eigenvalue weighted by Gasteiger charge is 2.30. The molecule has 0 aliphatic rings. The molecule has 7 nitrogen and oxygen atoms in total. The van der Waals surface area contributed by atoms with Gasteiger partial charge in [0.2, 0.25) is 0 Å². The summed E-state index contributed by atoms with van der Waals surface area (Å²) in [6, 6.07) is 2.43. The molecule has 0 radical (unpaired) electrons. The van der Waals surface area contributed by atoms with Crippen LogP contribution in [0.4, 0.5) is 0 Å². The monoisotopic (exact) mass is 332 g/mol. The van der Waals surface area contributed by atoms with Gasteiger partial charge in [-0.1, -0.05) is 0 Å². The van der Waals surface area contributed by atoms with E-state index in [0.717, 1.165) is 0 Å². The highest BCUT2D eigenvalue weighted by molar-refractivity contribution is 6.07. The molecule has 0 saturated carbocycles. The highest BCUT2D eigenvalue weighted by atomic mass is 16.5. The van der Waals surface area contributed by atoms with Crippen LogP contribution < -0.4 is 0 Å². The standard InChI is InChI=1S/C17H20N2O5/c1-9-13(10(2)18-14(9)17(22)23-5)15(20)11(3)19(4)16(21)12-7-6-8-24-12/h6-8,11,18H,1-5H3/t11-/m0/s1. The number of carbonyl (C=O) groups is 3. The topological polar surface area (TPSA) is 92.6 Å². The first-order valence-corrected chi connectivity index (χ1v) is 7.41. The smallest absolute Gasteiger partial charge is 0.354 e. The van der Waals surface area contributed by atoms with Gasteiger partial charge in [-0.2, -0.15) is 0 Å². The SMILES string of the molecule is COC(=O)c1[nH]c(C)c(C(=O)[C@H](C)N(C)C(=O)c2ccco2)c1C. The van der Waals surface area contributed by atoms with Gasteiger partial charge in [0, 0.05) is 18.3 Å². The number of aromatic nitrogens is 1. The lowest BCUT2D eigenvalue weighted by molar-refractivity contribution is 0.0593. The number of rotatable bonds is 5. The Morgan fingerprint density at radius 3 is 2.50 bits per heavy atom. The zero-order valence-corrected chi connectivity index (χ0v) is 14.3. The van der Waals surface area contributed by atoms with Crippen LogP contribution in [0.15, 0.2) is 22.8 Å². The van der Waals surface area contributed by atoms with Crippen LogP contribution in [0, 0.1) is 13.8 Å². The van der Waals surface area contributed by atoms with E-state index in [9.17, 15) is 14.4 Å². The van der Waals surface area contributed by atoms with Crippen LogP contribution in [0.2, 0.25) is 0 Å². The third-order valence-corrected chi connectivity index (χ3v) is 4.09. The molecule has 1 atom stereocenters.